The van der Waals surface area contributed by atoms with E-state index in [1.165, 1.54) is 7.11 Å². The fourth-order valence-electron chi connectivity index (χ4n) is 3.47. The van der Waals surface area contributed by atoms with Gasteiger partial charge in [0.25, 0.3) is 5.91 Å². The van der Waals surface area contributed by atoms with Crippen molar-refractivity contribution in [3.05, 3.63) is 51.5 Å². The van der Waals surface area contributed by atoms with Crippen LogP contribution in [0.15, 0.2) is 30.3 Å². The molecule has 0 unspecified atom stereocenters. The minimum Gasteiger partial charge on any atom is -0.497 e. The second-order valence-electron chi connectivity index (χ2n) is 6.24. The van der Waals surface area contributed by atoms with Crippen LogP contribution in [0, 0.1) is 0 Å². The van der Waals surface area contributed by atoms with Gasteiger partial charge in [-0.15, -0.1) is 0 Å². The summed E-state index contributed by atoms with van der Waals surface area (Å²) in [7, 11) is 4.71. The number of halogens is 2. The van der Waals surface area contributed by atoms with E-state index >= 15 is 0 Å². The van der Waals surface area contributed by atoms with E-state index < -0.39 is 0 Å². The van der Waals surface area contributed by atoms with Crippen LogP contribution in [-0.4, -0.2) is 38.7 Å². The molecule has 1 heterocycles. The quantitative estimate of drug-likeness (QED) is 0.697. The van der Waals surface area contributed by atoms with Crippen molar-refractivity contribution >= 4 is 29.1 Å². The molecule has 0 saturated carbocycles. The molecule has 1 aliphatic heterocycles. The SMILES string of the molecule is COc1ccc([C@@H]2CCCN2C(=O)c2cc(Cl)c(OC)c(Cl)c2)c(OC)c1. The van der Waals surface area contributed by atoms with E-state index in [1.54, 1.807) is 26.4 Å². The Labute approximate surface area is 168 Å². The molecule has 0 N–H and O–H groups in total. The van der Waals surface area contributed by atoms with Crippen LogP contribution in [0.4, 0.5) is 0 Å². The minimum absolute atomic E-state index is 0.0852. The summed E-state index contributed by atoms with van der Waals surface area (Å²) >= 11 is 12.4. The van der Waals surface area contributed by atoms with Crippen LogP contribution >= 0.6 is 23.2 Å². The molecule has 1 fully saturated rings. The van der Waals surface area contributed by atoms with Gasteiger partial charge in [-0.25, -0.2) is 0 Å². The second kappa shape index (κ2) is 8.28. The molecule has 2 aromatic carbocycles. The summed E-state index contributed by atoms with van der Waals surface area (Å²) < 4.78 is 16.0. The van der Waals surface area contributed by atoms with Gasteiger partial charge in [-0.2, -0.15) is 0 Å². The first-order valence-electron chi connectivity index (χ1n) is 8.56. The van der Waals surface area contributed by atoms with Crippen LogP contribution in [0.2, 0.25) is 10.0 Å². The molecule has 0 aliphatic carbocycles. The van der Waals surface area contributed by atoms with Gasteiger partial charge in [0.15, 0.2) is 5.75 Å². The van der Waals surface area contributed by atoms with Gasteiger partial charge in [0.05, 0.1) is 37.4 Å². The molecule has 0 radical (unpaired) electrons. The molecule has 2 aromatic rings. The smallest absolute Gasteiger partial charge is 0.254 e. The molecule has 1 amide bonds. The standard InChI is InChI=1S/C20H21Cl2NO4/c1-25-13-6-7-14(18(11-13)26-2)17-5-4-8-23(17)20(24)12-9-15(21)19(27-3)16(22)10-12/h6-7,9-11,17H,4-5,8H2,1-3H3/t17-/m0/s1. The molecule has 5 nitrogen and oxygen atoms in total. The van der Waals surface area contributed by atoms with Crippen molar-refractivity contribution < 1.29 is 19.0 Å². The normalized spacial score (nSPS) is 16.3. The van der Waals surface area contributed by atoms with Gasteiger partial charge in [0.2, 0.25) is 0 Å². The van der Waals surface area contributed by atoms with Crippen molar-refractivity contribution in [1.82, 2.24) is 4.90 Å². The van der Waals surface area contributed by atoms with Crippen LogP contribution in [0.3, 0.4) is 0 Å². The highest BCUT2D eigenvalue weighted by molar-refractivity contribution is 6.37. The Morgan fingerprint density at radius 1 is 1.04 bits per heavy atom. The average Bonchev–Trinajstić information content (AvgIpc) is 3.16. The van der Waals surface area contributed by atoms with Crippen LogP contribution in [0.25, 0.3) is 0 Å². The Bertz CT molecular complexity index is 833. The Hall–Kier alpha value is -2.11. The summed E-state index contributed by atoms with van der Waals surface area (Å²) in [5, 5.41) is 0.622. The molecule has 3 rings (SSSR count). The van der Waals surface area contributed by atoms with Crippen molar-refractivity contribution in [2.75, 3.05) is 27.9 Å². The molecule has 0 aromatic heterocycles. The van der Waals surface area contributed by atoms with Gasteiger partial charge in [-0.1, -0.05) is 23.2 Å². The molecule has 0 spiro atoms. The molecule has 1 atom stereocenters. The monoisotopic (exact) mass is 409 g/mol. The van der Waals surface area contributed by atoms with Crippen LogP contribution in [0.1, 0.15) is 34.8 Å². The fourth-order valence-corrected chi connectivity index (χ4v) is 4.11. The zero-order valence-corrected chi connectivity index (χ0v) is 16.9. The van der Waals surface area contributed by atoms with Crippen molar-refractivity contribution in [3.8, 4) is 17.2 Å². The van der Waals surface area contributed by atoms with Crippen LogP contribution in [0.5, 0.6) is 17.2 Å². The van der Waals surface area contributed by atoms with Gasteiger partial charge >= 0.3 is 0 Å². The molecular weight excluding hydrogens is 389 g/mol. The van der Waals surface area contributed by atoms with E-state index in [9.17, 15) is 4.79 Å². The Kier molecular flexibility index (Phi) is 6.02. The van der Waals surface area contributed by atoms with E-state index in [-0.39, 0.29) is 11.9 Å². The molecule has 27 heavy (non-hydrogen) atoms. The van der Waals surface area contributed by atoms with Crippen molar-refractivity contribution in [3.63, 3.8) is 0 Å². The molecule has 0 bridgehead atoms. The third-order valence-electron chi connectivity index (χ3n) is 4.76. The third-order valence-corrected chi connectivity index (χ3v) is 5.32. The summed E-state index contributed by atoms with van der Waals surface area (Å²) in [6.07, 6.45) is 1.76. The lowest BCUT2D eigenvalue weighted by Crippen LogP contribution is -2.30. The van der Waals surface area contributed by atoms with Crippen LogP contribution in [-0.2, 0) is 0 Å². The summed E-state index contributed by atoms with van der Waals surface area (Å²) in [5.41, 5.74) is 1.39. The minimum atomic E-state index is -0.123. The average molecular weight is 410 g/mol. The number of rotatable bonds is 5. The number of methoxy groups -OCH3 is 3. The summed E-state index contributed by atoms with van der Waals surface area (Å²) in [6.45, 7) is 0.653. The lowest BCUT2D eigenvalue weighted by atomic mass is 10.0. The molecular formula is C20H21Cl2NO4. The van der Waals surface area contributed by atoms with E-state index in [2.05, 4.69) is 0 Å². The summed E-state index contributed by atoms with van der Waals surface area (Å²) in [6, 6.07) is 8.75. The number of hydrogen-bond acceptors (Lipinski definition) is 4. The number of amides is 1. The Morgan fingerprint density at radius 2 is 1.74 bits per heavy atom. The number of carbonyl (C=O) groups excluding carboxylic acids is 1. The highest BCUT2D eigenvalue weighted by Crippen LogP contribution is 2.40. The predicted molar refractivity (Wildman–Crippen MR) is 106 cm³/mol. The molecule has 1 aliphatic rings. The number of carbonyl (C=O) groups is 1. The van der Waals surface area contributed by atoms with E-state index in [1.807, 2.05) is 23.1 Å². The Morgan fingerprint density at radius 3 is 2.33 bits per heavy atom. The lowest BCUT2D eigenvalue weighted by molar-refractivity contribution is 0.0734. The summed E-state index contributed by atoms with van der Waals surface area (Å²) in [4.78, 5) is 15.0. The number of nitrogens with zero attached hydrogens (tertiary/aromatic N) is 1. The highest BCUT2D eigenvalue weighted by atomic mass is 35.5. The largest absolute Gasteiger partial charge is 0.497 e. The van der Waals surface area contributed by atoms with Gasteiger partial charge in [0, 0.05) is 23.7 Å². The first-order valence-corrected chi connectivity index (χ1v) is 9.31. The Balaban J connectivity index is 1.94. The zero-order valence-electron chi connectivity index (χ0n) is 15.4. The fraction of sp³-hybridized carbons (Fsp3) is 0.350. The molecule has 1 saturated heterocycles. The van der Waals surface area contributed by atoms with Gasteiger partial charge in [-0.05, 0) is 37.1 Å². The van der Waals surface area contributed by atoms with E-state index in [4.69, 9.17) is 37.4 Å². The molecule has 7 heteroatoms. The highest BCUT2D eigenvalue weighted by Gasteiger charge is 2.33. The third kappa shape index (κ3) is 3.80. The number of likely N-dealkylation sites (tertiary alicyclic amines) is 1. The van der Waals surface area contributed by atoms with Crippen LogP contribution < -0.4 is 14.2 Å². The lowest BCUT2D eigenvalue weighted by Gasteiger charge is -2.27. The van der Waals surface area contributed by atoms with Gasteiger partial charge in [-0.3, -0.25) is 4.79 Å². The maximum Gasteiger partial charge on any atom is 0.254 e. The van der Waals surface area contributed by atoms with Crippen molar-refractivity contribution in [2.24, 2.45) is 0 Å². The number of hydrogen-bond donors (Lipinski definition) is 0. The predicted octanol–water partition coefficient (Wildman–Crippen LogP) is 5.00. The second-order valence-corrected chi connectivity index (χ2v) is 7.05. The van der Waals surface area contributed by atoms with E-state index in [0.29, 0.717) is 39.4 Å². The molecule has 144 valence electrons. The maximum atomic E-state index is 13.2. The number of benzene rings is 2. The first-order chi connectivity index (χ1) is 13.0. The van der Waals surface area contributed by atoms with Crippen molar-refractivity contribution in [2.45, 2.75) is 18.9 Å². The maximum absolute atomic E-state index is 13.2. The number of ether oxygens (including phenoxy) is 3. The van der Waals surface area contributed by atoms with E-state index in [0.717, 1.165) is 18.4 Å². The van der Waals surface area contributed by atoms with Gasteiger partial charge in [0.1, 0.15) is 11.5 Å². The zero-order chi connectivity index (χ0) is 19.6. The van der Waals surface area contributed by atoms with Crippen molar-refractivity contribution in [1.29, 1.82) is 0 Å². The van der Waals surface area contributed by atoms with Gasteiger partial charge < -0.3 is 19.1 Å². The summed E-state index contributed by atoms with van der Waals surface area (Å²) in [5.74, 6) is 1.65. The first kappa shape index (κ1) is 19.6. The topological polar surface area (TPSA) is 48.0 Å².